The molecule has 0 aliphatic carbocycles. The van der Waals surface area contributed by atoms with Gasteiger partial charge in [0, 0.05) is 42.1 Å². The molecule has 0 saturated heterocycles. The van der Waals surface area contributed by atoms with Gasteiger partial charge in [-0.1, -0.05) is 231 Å². The van der Waals surface area contributed by atoms with Crippen LogP contribution in [0.25, 0.3) is 142 Å². The van der Waals surface area contributed by atoms with Gasteiger partial charge in [-0.05, 0) is 138 Å². The van der Waals surface area contributed by atoms with E-state index < -0.39 is 0 Å². The summed E-state index contributed by atoms with van der Waals surface area (Å²) in [6.07, 6.45) is 0. The van der Waals surface area contributed by atoms with Gasteiger partial charge in [0.05, 0.1) is 0 Å². The molecule has 0 radical (unpaired) electrons. The van der Waals surface area contributed by atoms with Crippen LogP contribution in [0.4, 0.5) is 0 Å². The number of fused-ring (bicyclic) bond motifs is 6. The van der Waals surface area contributed by atoms with Crippen LogP contribution in [0.3, 0.4) is 0 Å². The molecule has 0 saturated carbocycles. The molecule has 14 rings (SSSR count). The number of hydrogen-bond donors (Lipinski definition) is 0. The Bertz CT molecular complexity index is 4440. The van der Waals surface area contributed by atoms with Gasteiger partial charge in [0.2, 0.25) is 0 Å². The minimum Gasteiger partial charge on any atom is -0.455 e. The van der Waals surface area contributed by atoms with Gasteiger partial charge < -0.3 is 4.42 Å². The van der Waals surface area contributed by atoms with Gasteiger partial charge in [0.25, 0.3) is 0 Å². The standard InChI is InChI=1S/C72H46OS/c1-2-16-47(17-3-1)62-33-13-36-66-67-37-14-34-63(71(67)73-70(62)66)60-30-11-28-58(45-60)56-26-9-24-54(43-56)52-22-7-20-50(41-52)48-18-6-19-49(40-48)51-21-8-23-53(42-51)55-25-10-27-57(44-55)59-29-12-31-61(46-59)64-35-15-38-68-65-32-4-5-39-69(65)74-72(64)68/h1-46H. The van der Waals surface area contributed by atoms with E-state index in [0.29, 0.717) is 0 Å². The molecule has 0 spiro atoms. The smallest absolute Gasteiger partial charge is 0.143 e. The Morgan fingerprint density at radius 1 is 0.203 bits per heavy atom. The molecule has 0 aliphatic heterocycles. The summed E-state index contributed by atoms with van der Waals surface area (Å²) in [7, 11) is 0. The summed E-state index contributed by atoms with van der Waals surface area (Å²) in [6.45, 7) is 0. The van der Waals surface area contributed by atoms with E-state index in [2.05, 4.69) is 279 Å². The topological polar surface area (TPSA) is 13.1 Å². The van der Waals surface area contributed by atoms with Crippen molar-refractivity contribution in [2.75, 3.05) is 0 Å². The molecule has 0 atom stereocenters. The van der Waals surface area contributed by atoms with Crippen molar-refractivity contribution < 1.29 is 4.42 Å². The molecule has 0 amide bonds. The van der Waals surface area contributed by atoms with Crippen LogP contribution >= 0.6 is 11.3 Å². The van der Waals surface area contributed by atoms with Gasteiger partial charge in [-0.25, -0.2) is 0 Å². The molecule has 12 aromatic carbocycles. The zero-order valence-corrected chi connectivity index (χ0v) is 41.2. The molecule has 74 heavy (non-hydrogen) atoms. The quantitative estimate of drug-likeness (QED) is 0.141. The van der Waals surface area contributed by atoms with Gasteiger partial charge in [-0.3, -0.25) is 0 Å². The maximum Gasteiger partial charge on any atom is 0.143 e. The van der Waals surface area contributed by atoms with E-state index in [1.54, 1.807) is 0 Å². The first-order valence-corrected chi connectivity index (χ1v) is 26.1. The minimum absolute atomic E-state index is 0.908. The van der Waals surface area contributed by atoms with Crippen molar-refractivity contribution in [3.63, 3.8) is 0 Å². The lowest BCUT2D eigenvalue weighted by molar-refractivity contribution is 0.671. The third-order valence-corrected chi connectivity index (χ3v) is 15.9. The summed E-state index contributed by atoms with van der Waals surface area (Å²) in [4.78, 5) is 0. The van der Waals surface area contributed by atoms with Crippen molar-refractivity contribution in [3.05, 3.63) is 279 Å². The van der Waals surface area contributed by atoms with Gasteiger partial charge in [0.15, 0.2) is 0 Å². The van der Waals surface area contributed by atoms with E-state index in [-0.39, 0.29) is 0 Å². The lowest BCUT2D eigenvalue weighted by atomic mass is 9.93. The highest BCUT2D eigenvalue weighted by Gasteiger charge is 2.17. The normalized spacial score (nSPS) is 11.5. The van der Waals surface area contributed by atoms with E-state index in [4.69, 9.17) is 4.42 Å². The fourth-order valence-corrected chi connectivity index (χ4v) is 12.2. The maximum absolute atomic E-state index is 6.80. The summed E-state index contributed by atoms with van der Waals surface area (Å²) < 4.78 is 9.46. The van der Waals surface area contributed by atoms with Crippen LogP contribution in [-0.4, -0.2) is 0 Å². The second kappa shape index (κ2) is 18.4. The number of para-hydroxylation sites is 2. The van der Waals surface area contributed by atoms with Gasteiger partial charge in [0.1, 0.15) is 11.2 Å². The number of thiophene rings is 1. The number of furan rings is 1. The van der Waals surface area contributed by atoms with E-state index in [1.165, 1.54) is 92.5 Å². The van der Waals surface area contributed by atoms with Crippen molar-refractivity contribution in [2.45, 2.75) is 0 Å². The first-order chi connectivity index (χ1) is 36.6. The first kappa shape index (κ1) is 43.4. The third-order valence-electron chi connectivity index (χ3n) is 14.7. The first-order valence-electron chi connectivity index (χ1n) is 25.3. The van der Waals surface area contributed by atoms with Crippen LogP contribution < -0.4 is 0 Å². The fourth-order valence-electron chi connectivity index (χ4n) is 11.0. The molecule has 2 heterocycles. The second-order valence-electron chi connectivity index (χ2n) is 19.2. The summed E-state index contributed by atoms with van der Waals surface area (Å²) in [5.74, 6) is 0. The van der Waals surface area contributed by atoms with Crippen molar-refractivity contribution >= 4 is 53.4 Å². The number of hydrogen-bond acceptors (Lipinski definition) is 2. The van der Waals surface area contributed by atoms with E-state index in [0.717, 1.165) is 49.8 Å². The Morgan fingerprint density at radius 3 is 0.919 bits per heavy atom. The second-order valence-corrected chi connectivity index (χ2v) is 20.2. The zero-order chi connectivity index (χ0) is 49.0. The Labute approximate surface area is 434 Å². The Balaban J connectivity index is 0.732. The minimum atomic E-state index is 0.908. The predicted molar refractivity (Wildman–Crippen MR) is 316 cm³/mol. The van der Waals surface area contributed by atoms with Crippen molar-refractivity contribution in [3.8, 4) is 100 Å². The van der Waals surface area contributed by atoms with Crippen LogP contribution in [0, 0.1) is 0 Å². The van der Waals surface area contributed by atoms with Crippen molar-refractivity contribution in [1.29, 1.82) is 0 Å². The Morgan fingerprint density at radius 2 is 0.486 bits per heavy atom. The van der Waals surface area contributed by atoms with Gasteiger partial charge in [-0.2, -0.15) is 0 Å². The van der Waals surface area contributed by atoms with E-state index in [9.17, 15) is 0 Å². The predicted octanol–water partition coefficient (Wildman–Crippen LogP) is 21.0. The van der Waals surface area contributed by atoms with Crippen LogP contribution in [0.5, 0.6) is 0 Å². The molecule has 0 unspecified atom stereocenters. The van der Waals surface area contributed by atoms with Gasteiger partial charge >= 0.3 is 0 Å². The Kier molecular flexibility index (Phi) is 10.8. The molecule has 0 bridgehead atoms. The van der Waals surface area contributed by atoms with Crippen LogP contribution in [0.1, 0.15) is 0 Å². The zero-order valence-electron chi connectivity index (χ0n) is 40.4. The lowest BCUT2D eigenvalue weighted by Crippen LogP contribution is -1.86. The third kappa shape index (κ3) is 7.90. The summed E-state index contributed by atoms with van der Waals surface area (Å²) in [5.41, 5.74) is 23.0. The van der Waals surface area contributed by atoms with E-state index in [1.807, 2.05) is 11.3 Å². The lowest BCUT2D eigenvalue weighted by Gasteiger charge is -2.12. The fraction of sp³-hybridized carbons (Fsp3) is 0. The molecular formula is C72H46OS. The molecule has 0 aliphatic rings. The molecule has 0 fully saturated rings. The van der Waals surface area contributed by atoms with Crippen LogP contribution in [0.2, 0.25) is 0 Å². The molecular weight excluding hydrogens is 913 g/mol. The molecule has 0 N–H and O–H groups in total. The number of rotatable bonds is 9. The largest absolute Gasteiger partial charge is 0.455 e. The summed E-state index contributed by atoms with van der Waals surface area (Å²) in [5, 5.41) is 4.90. The average molecular weight is 959 g/mol. The highest BCUT2D eigenvalue weighted by molar-refractivity contribution is 7.26. The highest BCUT2D eigenvalue weighted by atomic mass is 32.1. The molecule has 2 aromatic heterocycles. The maximum atomic E-state index is 6.80. The highest BCUT2D eigenvalue weighted by Crippen LogP contribution is 2.43. The summed E-state index contributed by atoms with van der Waals surface area (Å²) >= 11 is 1.88. The molecule has 2 heteroatoms. The van der Waals surface area contributed by atoms with Crippen molar-refractivity contribution in [1.82, 2.24) is 0 Å². The van der Waals surface area contributed by atoms with E-state index >= 15 is 0 Å². The van der Waals surface area contributed by atoms with Crippen molar-refractivity contribution in [2.24, 2.45) is 0 Å². The molecule has 346 valence electrons. The van der Waals surface area contributed by atoms with Crippen LogP contribution in [-0.2, 0) is 0 Å². The molecule has 14 aromatic rings. The van der Waals surface area contributed by atoms with Crippen LogP contribution in [0.15, 0.2) is 283 Å². The SMILES string of the molecule is c1ccc(-c2cccc3c2oc2c(-c4cccc(-c5cccc(-c6cccc(-c7cccc(-c8cccc(-c9cccc(-c%10cccc(-c%11cccc%12c%11sc%11ccccc%11%12)c%10)c9)c8)c7)c6)c5)c4)cccc23)cc1. The van der Waals surface area contributed by atoms with Gasteiger partial charge in [-0.15, -0.1) is 11.3 Å². The summed E-state index contributed by atoms with van der Waals surface area (Å²) in [6, 6.07) is 101. The molecule has 1 nitrogen and oxygen atoms in total. The average Bonchev–Trinajstić information content (AvgIpc) is 4.07. The Hall–Kier alpha value is -9.34. The monoisotopic (exact) mass is 958 g/mol. The number of benzene rings is 12.